The Morgan fingerprint density at radius 2 is 1.83 bits per heavy atom. The highest BCUT2D eigenvalue weighted by Crippen LogP contribution is 2.35. The summed E-state index contributed by atoms with van der Waals surface area (Å²) in [5.41, 5.74) is 2.23. The van der Waals surface area contributed by atoms with Crippen LogP contribution in [-0.2, 0) is 27.7 Å². The molecule has 0 N–H and O–H groups in total. The number of amides is 1. The molecule has 1 aliphatic carbocycles. The Labute approximate surface area is 178 Å². The molecular formula is C22H22BrNO4S. The van der Waals surface area contributed by atoms with Crippen LogP contribution in [0, 0.1) is 0 Å². The van der Waals surface area contributed by atoms with Gasteiger partial charge >= 0.3 is 0 Å². The van der Waals surface area contributed by atoms with Crippen molar-refractivity contribution in [3.63, 3.8) is 0 Å². The van der Waals surface area contributed by atoms with Gasteiger partial charge in [-0.1, -0.05) is 22.9 Å². The number of anilines is 1. The van der Waals surface area contributed by atoms with Crippen LogP contribution < -0.4 is 4.31 Å². The molecule has 0 bridgehead atoms. The lowest BCUT2D eigenvalue weighted by Crippen LogP contribution is -2.36. The fourth-order valence-electron chi connectivity index (χ4n) is 3.82. The number of hydrogen-bond acceptors (Lipinski definition) is 4. The molecule has 0 unspecified atom stereocenters. The number of carbonyl (C=O) groups is 1. The van der Waals surface area contributed by atoms with E-state index >= 15 is 0 Å². The van der Waals surface area contributed by atoms with E-state index in [2.05, 4.69) is 15.9 Å². The van der Waals surface area contributed by atoms with Crippen molar-refractivity contribution in [1.82, 2.24) is 0 Å². The molecule has 4 rings (SSSR count). The summed E-state index contributed by atoms with van der Waals surface area (Å²) < 4.78 is 34.5. The van der Waals surface area contributed by atoms with Gasteiger partial charge in [-0.2, -0.15) is 0 Å². The van der Waals surface area contributed by atoms with E-state index in [4.69, 9.17) is 4.42 Å². The number of aryl methyl sites for hydroxylation is 2. The predicted octanol–water partition coefficient (Wildman–Crippen LogP) is 5.60. The predicted molar refractivity (Wildman–Crippen MR) is 117 cm³/mol. The van der Waals surface area contributed by atoms with Crippen LogP contribution in [0.5, 0.6) is 0 Å². The molecule has 0 atom stereocenters. The summed E-state index contributed by atoms with van der Waals surface area (Å²) in [5.74, 6) is 0.540. The van der Waals surface area contributed by atoms with E-state index in [0.29, 0.717) is 12.1 Å². The molecule has 3 aromatic rings. The minimum atomic E-state index is -4.03. The van der Waals surface area contributed by atoms with Gasteiger partial charge < -0.3 is 4.42 Å². The molecule has 1 amide bonds. The summed E-state index contributed by atoms with van der Waals surface area (Å²) in [6.07, 6.45) is 4.70. The molecule has 152 valence electrons. The molecule has 0 saturated heterocycles. The molecular weight excluding hydrogens is 454 g/mol. The Bertz CT molecular complexity index is 1170. The van der Waals surface area contributed by atoms with Crippen molar-refractivity contribution in [3.8, 4) is 0 Å². The van der Waals surface area contributed by atoms with Gasteiger partial charge in [-0.3, -0.25) is 4.79 Å². The maximum absolute atomic E-state index is 13.4. The van der Waals surface area contributed by atoms with Crippen LogP contribution in [0.3, 0.4) is 0 Å². The van der Waals surface area contributed by atoms with Crippen LogP contribution in [0.25, 0.3) is 11.0 Å². The number of furan rings is 1. The molecule has 0 radical (unpaired) electrons. The van der Waals surface area contributed by atoms with E-state index in [-0.39, 0.29) is 11.3 Å². The van der Waals surface area contributed by atoms with Crippen LogP contribution in [0.4, 0.5) is 5.69 Å². The molecule has 0 aliphatic heterocycles. The first kappa shape index (κ1) is 20.2. The monoisotopic (exact) mass is 475 g/mol. The van der Waals surface area contributed by atoms with E-state index < -0.39 is 15.9 Å². The number of nitrogens with zero attached hydrogens (tertiary/aromatic N) is 1. The van der Waals surface area contributed by atoms with Crippen molar-refractivity contribution in [3.05, 3.63) is 58.3 Å². The summed E-state index contributed by atoms with van der Waals surface area (Å²) in [7, 11) is -4.03. The lowest BCUT2D eigenvalue weighted by molar-refractivity contribution is -0.117. The highest BCUT2D eigenvalue weighted by Gasteiger charge is 2.31. The smallest absolute Gasteiger partial charge is 0.270 e. The minimum Gasteiger partial charge on any atom is -0.461 e. The number of sulfonamides is 1. The van der Waals surface area contributed by atoms with Crippen molar-refractivity contribution < 1.29 is 17.6 Å². The Balaban J connectivity index is 1.85. The largest absolute Gasteiger partial charge is 0.461 e. The van der Waals surface area contributed by atoms with Gasteiger partial charge in [0.05, 0.1) is 10.6 Å². The Morgan fingerprint density at radius 3 is 2.55 bits per heavy atom. The van der Waals surface area contributed by atoms with Gasteiger partial charge in [-0.25, -0.2) is 12.7 Å². The molecule has 1 aliphatic rings. The molecule has 0 saturated carbocycles. The molecule has 5 nitrogen and oxygen atoms in total. The van der Waals surface area contributed by atoms with Gasteiger partial charge in [0, 0.05) is 28.3 Å². The number of fused-ring (bicyclic) bond motifs is 3. The molecule has 2 aromatic carbocycles. The molecule has 29 heavy (non-hydrogen) atoms. The maximum Gasteiger partial charge on any atom is 0.270 e. The Hall–Kier alpha value is -2.12. The topological polar surface area (TPSA) is 67.6 Å². The van der Waals surface area contributed by atoms with Crippen molar-refractivity contribution in [2.24, 2.45) is 0 Å². The van der Waals surface area contributed by atoms with E-state index in [1.165, 1.54) is 12.1 Å². The second kappa shape index (κ2) is 7.95. The lowest BCUT2D eigenvalue weighted by Gasteiger charge is -2.23. The van der Waals surface area contributed by atoms with Crippen molar-refractivity contribution in [1.29, 1.82) is 0 Å². The van der Waals surface area contributed by atoms with E-state index in [0.717, 1.165) is 56.8 Å². The van der Waals surface area contributed by atoms with E-state index in [1.807, 2.05) is 6.92 Å². The van der Waals surface area contributed by atoms with Gasteiger partial charge in [0.1, 0.15) is 11.3 Å². The van der Waals surface area contributed by atoms with Crippen molar-refractivity contribution in [2.75, 3.05) is 4.31 Å². The summed E-state index contributed by atoms with van der Waals surface area (Å²) >= 11 is 3.32. The lowest BCUT2D eigenvalue weighted by atomic mass is 9.96. The maximum atomic E-state index is 13.4. The van der Waals surface area contributed by atoms with Crippen LogP contribution >= 0.6 is 15.9 Å². The molecule has 0 spiro atoms. The fourth-order valence-corrected chi connectivity index (χ4v) is 5.53. The zero-order valence-corrected chi connectivity index (χ0v) is 18.6. The van der Waals surface area contributed by atoms with E-state index in [1.54, 1.807) is 30.3 Å². The molecule has 1 heterocycles. The first-order valence-corrected chi connectivity index (χ1v) is 12.0. The second-order valence-electron chi connectivity index (χ2n) is 7.26. The van der Waals surface area contributed by atoms with Gasteiger partial charge in [0.25, 0.3) is 10.0 Å². The SMILES string of the molecule is CCCC(=O)N(c1ccc2oc3c(c2c1)CCCC3)S(=O)(=O)c1ccc(Br)cc1. The van der Waals surface area contributed by atoms with E-state index in [9.17, 15) is 13.2 Å². The summed E-state index contributed by atoms with van der Waals surface area (Å²) in [4.78, 5) is 13.0. The Kier molecular flexibility index (Phi) is 5.53. The van der Waals surface area contributed by atoms with Gasteiger partial charge in [-0.15, -0.1) is 0 Å². The number of carbonyl (C=O) groups excluding carboxylic acids is 1. The van der Waals surface area contributed by atoms with Crippen LogP contribution in [0.15, 0.2) is 56.2 Å². The quantitative estimate of drug-likeness (QED) is 0.481. The average molecular weight is 476 g/mol. The number of hydrogen-bond donors (Lipinski definition) is 0. The zero-order valence-electron chi connectivity index (χ0n) is 16.2. The summed E-state index contributed by atoms with van der Waals surface area (Å²) in [6, 6.07) is 11.5. The molecule has 7 heteroatoms. The van der Waals surface area contributed by atoms with Gasteiger partial charge in [0.15, 0.2) is 0 Å². The third-order valence-corrected chi connectivity index (χ3v) is 7.51. The first-order chi connectivity index (χ1) is 13.9. The normalized spacial score (nSPS) is 14.0. The first-order valence-electron chi connectivity index (χ1n) is 9.80. The van der Waals surface area contributed by atoms with Gasteiger partial charge in [-0.05, 0) is 68.1 Å². The Morgan fingerprint density at radius 1 is 1.10 bits per heavy atom. The van der Waals surface area contributed by atoms with Crippen LogP contribution in [-0.4, -0.2) is 14.3 Å². The second-order valence-corrected chi connectivity index (χ2v) is 9.96. The van der Waals surface area contributed by atoms with Gasteiger partial charge in [0.2, 0.25) is 5.91 Å². The molecule has 0 fully saturated rings. The highest BCUT2D eigenvalue weighted by atomic mass is 79.9. The number of halogens is 1. The number of benzene rings is 2. The van der Waals surface area contributed by atoms with Crippen molar-refractivity contribution in [2.45, 2.75) is 50.3 Å². The third-order valence-electron chi connectivity index (χ3n) is 5.22. The standard InChI is InChI=1S/C22H22BrNO4S/c1-2-5-22(25)24(29(26,27)17-11-8-15(23)9-12-17)16-10-13-21-19(14-16)18-6-3-4-7-20(18)28-21/h8-14H,2-7H2,1H3. The fraction of sp³-hybridized carbons (Fsp3) is 0.318. The third kappa shape index (κ3) is 3.73. The zero-order chi connectivity index (χ0) is 20.6. The minimum absolute atomic E-state index is 0.0828. The summed E-state index contributed by atoms with van der Waals surface area (Å²) in [5, 5.41) is 0.900. The van der Waals surface area contributed by atoms with Crippen molar-refractivity contribution >= 4 is 48.5 Å². The highest BCUT2D eigenvalue weighted by molar-refractivity contribution is 9.10. The van der Waals surface area contributed by atoms with Crippen LogP contribution in [0.2, 0.25) is 0 Å². The number of rotatable bonds is 5. The molecule has 1 aromatic heterocycles. The van der Waals surface area contributed by atoms with Crippen LogP contribution in [0.1, 0.15) is 43.9 Å². The average Bonchev–Trinajstić information content (AvgIpc) is 3.06. The summed E-state index contributed by atoms with van der Waals surface area (Å²) in [6.45, 7) is 1.86.